The fraction of sp³-hybridized carbons (Fsp3) is 0.263. The Hall–Kier alpha value is -2.56. The summed E-state index contributed by atoms with van der Waals surface area (Å²) >= 11 is 2.94. The van der Waals surface area contributed by atoms with E-state index in [1.807, 2.05) is 0 Å². The lowest BCUT2D eigenvalue weighted by Crippen LogP contribution is -2.54. The van der Waals surface area contributed by atoms with Gasteiger partial charge in [-0.2, -0.15) is 26.3 Å². The number of hydrogen-bond donors (Lipinski definition) is 1. The zero-order valence-corrected chi connectivity index (χ0v) is 17.0. The fourth-order valence-corrected chi connectivity index (χ4v) is 3.77. The van der Waals surface area contributed by atoms with Gasteiger partial charge in [0.25, 0.3) is 0 Å². The maximum Gasteiger partial charge on any atom is 0.411 e. The number of hydrogen-bond acceptors (Lipinski definition) is 3. The molecule has 0 atom stereocenters. The van der Waals surface area contributed by atoms with Gasteiger partial charge in [-0.15, -0.1) is 0 Å². The number of rotatable bonds is 3. The number of halogens is 7. The third-order valence-electron chi connectivity index (χ3n) is 4.49. The molecule has 0 aliphatic carbocycles. The minimum atomic E-state index is -5.75. The summed E-state index contributed by atoms with van der Waals surface area (Å²) in [5, 5.41) is 2.32. The van der Waals surface area contributed by atoms with Crippen molar-refractivity contribution >= 4 is 38.6 Å². The molecule has 4 nitrogen and oxygen atoms in total. The molecule has 0 saturated carbocycles. The van der Waals surface area contributed by atoms with Crippen LogP contribution in [0.5, 0.6) is 0 Å². The van der Waals surface area contributed by atoms with Crippen LogP contribution in [0.15, 0.2) is 45.3 Å². The van der Waals surface area contributed by atoms with Gasteiger partial charge in [-0.3, -0.25) is 4.79 Å². The van der Waals surface area contributed by atoms with Gasteiger partial charge in [0.15, 0.2) is 11.5 Å². The van der Waals surface area contributed by atoms with Crippen molar-refractivity contribution in [3.05, 3.63) is 57.9 Å². The van der Waals surface area contributed by atoms with Crippen molar-refractivity contribution in [2.24, 2.45) is 0 Å². The summed E-state index contributed by atoms with van der Waals surface area (Å²) in [6.45, 7) is 2.59. The number of anilines is 1. The molecule has 0 aliphatic heterocycles. The van der Waals surface area contributed by atoms with Crippen molar-refractivity contribution in [1.29, 1.82) is 0 Å². The molecule has 0 radical (unpaired) electrons. The maximum atomic E-state index is 14.2. The van der Waals surface area contributed by atoms with Crippen molar-refractivity contribution in [3.63, 3.8) is 0 Å². The van der Waals surface area contributed by atoms with Crippen LogP contribution in [-0.4, -0.2) is 23.2 Å². The largest absolute Gasteiger partial charge is 0.441 e. The molecule has 0 unspecified atom stereocenters. The van der Waals surface area contributed by atoms with Crippen LogP contribution in [0.1, 0.15) is 23.9 Å². The number of alkyl halides is 6. The van der Waals surface area contributed by atoms with Crippen molar-refractivity contribution in [1.82, 2.24) is 4.98 Å². The smallest absolute Gasteiger partial charge is 0.411 e. The van der Waals surface area contributed by atoms with Crippen molar-refractivity contribution in [3.8, 4) is 0 Å². The normalized spacial score (nSPS) is 13.0. The van der Waals surface area contributed by atoms with Gasteiger partial charge in [0, 0.05) is 18.3 Å². The predicted molar refractivity (Wildman–Crippen MR) is 100 cm³/mol. The number of aromatic nitrogens is 1. The molecule has 1 aromatic heterocycles. The molecule has 0 spiro atoms. The predicted octanol–water partition coefficient (Wildman–Crippen LogP) is 6.27. The second-order valence-corrected chi connectivity index (χ2v) is 7.39. The molecule has 3 aromatic rings. The van der Waals surface area contributed by atoms with E-state index in [9.17, 15) is 31.1 Å². The number of amides is 1. The molecule has 0 aliphatic rings. The number of carbonyl (C=O) groups is 1. The molecule has 30 heavy (non-hydrogen) atoms. The molecule has 1 N–H and O–H groups in total. The van der Waals surface area contributed by atoms with Gasteiger partial charge in [0.2, 0.25) is 11.3 Å². The lowest BCUT2D eigenvalue weighted by atomic mass is 9.73. The summed E-state index contributed by atoms with van der Waals surface area (Å²) in [5.74, 6) is -0.429. The highest BCUT2D eigenvalue weighted by Gasteiger charge is 2.72. The summed E-state index contributed by atoms with van der Waals surface area (Å²) in [4.78, 5) is 15.1. The summed E-state index contributed by atoms with van der Waals surface area (Å²) < 4.78 is 90.4. The van der Waals surface area contributed by atoms with E-state index >= 15 is 0 Å². The van der Waals surface area contributed by atoms with Crippen LogP contribution in [0.25, 0.3) is 11.1 Å². The zero-order chi connectivity index (χ0) is 22.5. The molecule has 11 heteroatoms. The van der Waals surface area contributed by atoms with Gasteiger partial charge in [-0.05, 0) is 51.3 Å². The van der Waals surface area contributed by atoms with E-state index in [0.717, 1.165) is 25.1 Å². The van der Waals surface area contributed by atoms with Crippen LogP contribution >= 0.6 is 15.9 Å². The first-order valence-corrected chi connectivity index (χ1v) is 9.15. The highest BCUT2D eigenvalue weighted by molar-refractivity contribution is 9.10. The van der Waals surface area contributed by atoms with Crippen LogP contribution in [0.3, 0.4) is 0 Å². The highest BCUT2D eigenvalue weighted by atomic mass is 79.9. The SMILES string of the molecule is CC(=O)Nc1ccc(C(c2ccc3nc(C)oc3c2)(C(F)(F)F)C(F)(F)F)cc1Br. The Morgan fingerprint density at radius 1 is 1.00 bits per heavy atom. The molecule has 1 heterocycles. The van der Waals surface area contributed by atoms with Gasteiger partial charge in [-0.1, -0.05) is 12.1 Å². The summed E-state index contributed by atoms with van der Waals surface area (Å²) in [5.41, 5.74) is -6.50. The van der Waals surface area contributed by atoms with Gasteiger partial charge in [0.05, 0.1) is 5.69 Å². The summed E-state index contributed by atoms with van der Waals surface area (Å²) in [6.07, 6.45) is -11.5. The van der Waals surface area contributed by atoms with Crippen molar-refractivity contribution in [2.45, 2.75) is 31.6 Å². The molecular formula is C19H13BrF6N2O2. The first kappa shape index (κ1) is 22.1. The van der Waals surface area contributed by atoms with Crippen molar-refractivity contribution < 1.29 is 35.6 Å². The quantitative estimate of drug-likeness (QED) is 0.436. The lowest BCUT2D eigenvalue weighted by molar-refractivity contribution is -0.288. The zero-order valence-electron chi connectivity index (χ0n) is 15.4. The van der Waals surface area contributed by atoms with Crippen LogP contribution < -0.4 is 5.32 Å². The molecule has 2 aromatic carbocycles. The van der Waals surface area contributed by atoms with E-state index < -0.39 is 34.8 Å². The highest BCUT2D eigenvalue weighted by Crippen LogP contribution is 2.57. The second-order valence-electron chi connectivity index (χ2n) is 6.54. The van der Waals surface area contributed by atoms with E-state index in [1.54, 1.807) is 0 Å². The Labute approximate surface area is 174 Å². The summed E-state index contributed by atoms with van der Waals surface area (Å²) in [7, 11) is 0. The topological polar surface area (TPSA) is 55.1 Å². The number of nitrogens with zero attached hydrogens (tertiary/aromatic N) is 1. The minimum absolute atomic E-state index is 0.0332. The van der Waals surface area contributed by atoms with E-state index in [1.165, 1.54) is 6.92 Å². The van der Waals surface area contributed by atoms with Crippen LogP contribution in [0.2, 0.25) is 0 Å². The first-order chi connectivity index (χ1) is 13.8. The average Bonchev–Trinajstić information content (AvgIpc) is 2.94. The molecule has 0 bridgehead atoms. The Morgan fingerprint density at radius 2 is 1.57 bits per heavy atom. The Kier molecular flexibility index (Phi) is 5.38. The number of fused-ring (bicyclic) bond motifs is 1. The van der Waals surface area contributed by atoms with Crippen molar-refractivity contribution in [2.75, 3.05) is 5.32 Å². The lowest BCUT2D eigenvalue weighted by Gasteiger charge is -2.38. The van der Waals surface area contributed by atoms with E-state index in [4.69, 9.17) is 4.42 Å². The molecule has 160 valence electrons. The number of aryl methyl sites for hydroxylation is 1. The number of benzene rings is 2. The number of nitrogens with one attached hydrogen (secondary N) is 1. The Balaban J connectivity index is 2.35. The van der Waals surface area contributed by atoms with Crippen LogP contribution in [0, 0.1) is 6.92 Å². The van der Waals surface area contributed by atoms with Gasteiger partial charge in [-0.25, -0.2) is 4.98 Å². The maximum absolute atomic E-state index is 14.2. The molecule has 1 amide bonds. The third kappa shape index (κ3) is 3.55. The second kappa shape index (κ2) is 7.29. The molecule has 3 rings (SSSR count). The molecular weight excluding hydrogens is 482 g/mol. The average molecular weight is 495 g/mol. The van der Waals surface area contributed by atoms with E-state index in [-0.39, 0.29) is 27.2 Å². The van der Waals surface area contributed by atoms with E-state index in [0.29, 0.717) is 18.2 Å². The fourth-order valence-electron chi connectivity index (χ4n) is 3.29. The van der Waals surface area contributed by atoms with Crippen LogP contribution in [-0.2, 0) is 10.2 Å². The molecule has 0 saturated heterocycles. The third-order valence-corrected chi connectivity index (χ3v) is 5.15. The van der Waals surface area contributed by atoms with E-state index in [2.05, 4.69) is 26.2 Å². The van der Waals surface area contributed by atoms with Gasteiger partial charge in [0.1, 0.15) is 5.52 Å². The van der Waals surface area contributed by atoms with Gasteiger partial charge >= 0.3 is 12.4 Å². The monoisotopic (exact) mass is 494 g/mol. The number of carbonyl (C=O) groups excluding carboxylic acids is 1. The Morgan fingerprint density at radius 3 is 2.10 bits per heavy atom. The molecule has 0 fully saturated rings. The summed E-state index contributed by atoms with van der Waals surface area (Å²) in [6, 6.07) is 4.85. The van der Waals surface area contributed by atoms with Crippen LogP contribution in [0.4, 0.5) is 32.0 Å². The minimum Gasteiger partial charge on any atom is -0.441 e. The number of oxazole rings is 1. The first-order valence-electron chi connectivity index (χ1n) is 8.36. The standard InChI is InChI=1S/C19H13BrF6N2O2/c1-9(29)27-14-5-3-11(7-13(14)20)17(18(21,22)23,19(24,25)26)12-4-6-15-16(8-12)30-10(2)28-15/h3-8H,1-2H3,(H,27,29). The van der Waals surface area contributed by atoms with Gasteiger partial charge < -0.3 is 9.73 Å². The Bertz CT molecular complexity index is 1110.